The molecule has 2 rings (SSSR count). The third kappa shape index (κ3) is 4.54. The van der Waals surface area contributed by atoms with Crippen molar-refractivity contribution in [3.05, 3.63) is 53.8 Å². The van der Waals surface area contributed by atoms with Crippen LogP contribution in [0.4, 0.5) is 18.9 Å². The molecule has 0 saturated heterocycles. The van der Waals surface area contributed by atoms with Gasteiger partial charge < -0.3 is 4.74 Å². The molecule has 0 aliphatic carbocycles. The number of carbonyl (C=O) groups is 1. The summed E-state index contributed by atoms with van der Waals surface area (Å²) < 4.78 is 71.4. The number of esters is 1. The molecule has 9 heteroatoms. The van der Waals surface area contributed by atoms with E-state index in [1.807, 2.05) is 0 Å². The highest BCUT2D eigenvalue weighted by atomic mass is 32.2. The van der Waals surface area contributed by atoms with Gasteiger partial charge in [-0.1, -0.05) is 25.1 Å². The maximum absolute atomic E-state index is 13.5. The van der Waals surface area contributed by atoms with Crippen LogP contribution in [0.25, 0.3) is 11.1 Å². The fourth-order valence-electron chi connectivity index (χ4n) is 2.34. The van der Waals surface area contributed by atoms with Gasteiger partial charge in [0.05, 0.1) is 24.5 Å². The standard InChI is InChI=1S/C17H16F3NO4S/c1-10(17(22)25-2)9-26(23,24)21-15-6-4-3-5-12(15)11-7-13(18)16(20)14(19)8-11/h3-8,10,21H,9H2,1-2H3. The molecule has 0 amide bonds. The molecule has 0 radical (unpaired) electrons. The summed E-state index contributed by atoms with van der Waals surface area (Å²) in [4.78, 5) is 11.4. The van der Waals surface area contributed by atoms with E-state index in [-0.39, 0.29) is 16.8 Å². The third-order valence-electron chi connectivity index (χ3n) is 3.56. The van der Waals surface area contributed by atoms with Crippen LogP contribution in [-0.2, 0) is 19.6 Å². The van der Waals surface area contributed by atoms with Gasteiger partial charge in [0.1, 0.15) is 0 Å². The van der Waals surface area contributed by atoms with Crippen LogP contribution in [0.5, 0.6) is 0 Å². The SMILES string of the molecule is COC(=O)C(C)CS(=O)(=O)Nc1ccccc1-c1cc(F)c(F)c(F)c1. The Bertz CT molecular complexity index is 908. The summed E-state index contributed by atoms with van der Waals surface area (Å²) >= 11 is 0. The lowest BCUT2D eigenvalue weighted by molar-refractivity contribution is -0.144. The monoisotopic (exact) mass is 387 g/mol. The number of methoxy groups -OCH3 is 1. The van der Waals surface area contributed by atoms with Gasteiger partial charge in [-0.25, -0.2) is 21.6 Å². The maximum atomic E-state index is 13.5. The maximum Gasteiger partial charge on any atom is 0.309 e. The van der Waals surface area contributed by atoms with E-state index in [1.54, 1.807) is 0 Å². The van der Waals surface area contributed by atoms with Crippen molar-refractivity contribution >= 4 is 21.7 Å². The first kappa shape index (κ1) is 19.8. The number of carbonyl (C=O) groups excluding carboxylic acids is 1. The third-order valence-corrected chi connectivity index (χ3v) is 5.03. The Balaban J connectivity index is 2.37. The molecular formula is C17H16F3NO4S. The minimum Gasteiger partial charge on any atom is -0.469 e. The number of nitrogens with one attached hydrogen (secondary N) is 1. The largest absolute Gasteiger partial charge is 0.469 e. The smallest absolute Gasteiger partial charge is 0.309 e. The van der Waals surface area contributed by atoms with E-state index >= 15 is 0 Å². The molecule has 1 unspecified atom stereocenters. The summed E-state index contributed by atoms with van der Waals surface area (Å²) in [6, 6.07) is 7.39. The van der Waals surface area contributed by atoms with Crippen molar-refractivity contribution in [2.75, 3.05) is 17.6 Å². The molecule has 0 bridgehead atoms. The van der Waals surface area contributed by atoms with Crippen LogP contribution >= 0.6 is 0 Å². The Labute approximate surface area is 148 Å². The van der Waals surface area contributed by atoms with Crippen LogP contribution in [-0.4, -0.2) is 27.2 Å². The van der Waals surface area contributed by atoms with Crippen molar-refractivity contribution in [1.29, 1.82) is 0 Å². The first-order chi connectivity index (χ1) is 12.1. The second-order valence-electron chi connectivity index (χ2n) is 5.61. The average molecular weight is 387 g/mol. The molecule has 0 saturated carbocycles. The normalized spacial score (nSPS) is 12.5. The molecule has 140 valence electrons. The van der Waals surface area contributed by atoms with Gasteiger partial charge in [0.2, 0.25) is 10.0 Å². The van der Waals surface area contributed by atoms with Crippen LogP contribution in [0.3, 0.4) is 0 Å². The van der Waals surface area contributed by atoms with Crippen LogP contribution in [0.1, 0.15) is 6.92 Å². The molecule has 26 heavy (non-hydrogen) atoms. The molecule has 0 spiro atoms. The molecule has 0 aliphatic rings. The van der Waals surface area contributed by atoms with Crippen LogP contribution in [0.2, 0.25) is 0 Å². The average Bonchev–Trinajstić information content (AvgIpc) is 2.58. The van der Waals surface area contributed by atoms with E-state index in [9.17, 15) is 26.4 Å². The Morgan fingerprint density at radius 1 is 1.15 bits per heavy atom. The number of rotatable bonds is 6. The number of benzene rings is 2. The van der Waals surface area contributed by atoms with E-state index in [2.05, 4.69) is 9.46 Å². The summed E-state index contributed by atoms with van der Waals surface area (Å²) in [6.45, 7) is 1.39. The molecule has 0 heterocycles. The first-order valence-electron chi connectivity index (χ1n) is 7.47. The zero-order chi connectivity index (χ0) is 19.5. The predicted octanol–water partition coefficient (Wildman–Crippen LogP) is 3.32. The summed E-state index contributed by atoms with van der Waals surface area (Å²) in [7, 11) is -2.82. The number of hydrogen-bond acceptors (Lipinski definition) is 4. The van der Waals surface area contributed by atoms with Crippen molar-refractivity contribution in [3.63, 3.8) is 0 Å². The van der Waals surface area contributed by atoms with Gasteiger partial charge in [0, 0.05) is 5.56 Å². The molecule has 0 aliphatic heterocycles. The number of hydrogen-bond donors (Lipinski definition) is 1. The van der Waals surface area contributed by atoms with Crippen molar-refractivity contribution in [2.45, 2.75) is 6.92 Å². The number of ether oxygens (including phenoxy) is 1. The van der Waals surface area contributed by atoms with Gasteiger partial charge in [-0.15, -0.1) is 0 Å². The van der Waals surface area contributed by atoms with Gasteiger partial charge >= 0.3 is 5.97 Å². The van der Waals surface area contributed by atoms with E-state index in [0.29, 0.717) is 0 Å². The molecule has 2 aromatic rings. The minimum atomic E-state index is -3.96. The van der Waals surface area contributed by atoms with Crippen molar-refractivity contribution < 1.29 is 31.1 Å². The van der Waals surface area contributed by atoms with E-state index in [4.69, 9.17) is 0 Å². The van der Waals surface area contributed by atoms with Gasteiger partial charge in [0.15, 0.2) is 17.5 Å². The molecule has 1 N–H and O–H groups in total. The van der Waals surface area contributed by atoms with Crippen molar-refractivity contribution in [1.82, 2.24) is 0 Å². The second-order valence-corrected chi connectivity index (χ2v) is 7.37. The molecule has 5 nitrogen and oxygen atoms in total. The van der Waals surface area contributed by atoms with Gasteiger partial charge in [0.25, 0.3) is 0 Å². The lowest BCUT2D eigenvalue weighted by atomic mass is 10.0. The minimum absolute atomic E-state index is 0.0370. The second kappa shape index (κ2) is 7.77. The molecule has 1 atom stereocenters. The number of anilines is 1. The van der Waals surface area contributed by atoms with Gasteiger partial charge in [-0.3, -0.25) is 9.52 Å². The van der Waals surface area contributed by atoms with Crippen LogP contribution in [0, 0.1) is 23.4 Å². The Morgan fingerprint density at radius 2 is 1.73 bits per heavy atom. The lowest BCUT2D eigenvalue weighted by Crippen LogP contribution is -2.27. The predicted molar refractivity (Wildman–Crippen MR) is 90.3 cm³/mol. The Morgan fingerprint density at radius 3 is 2.31 bits per heavy atom. The zero-order valence-electron chi connectivity index (χ0n) is 13.9. The highest BCUT2D eigenvalue weighted by Crippen LogP contribution is 2.30. The molecule has 0 aromatic heterocycles. The number of para-hydroxylation sites is 1. The van der Waals surface area contributed by atoms with Crippen molar-refractivity contribution in [3.8, 4) is 11.1 Å². The van der Waals surface area contributed by atoms with E-state index < -0.39 is 45.1 Å². The highest BCUT2D eigenvalue weighted by molar-refractivity contribution is 7.92. The Hall–Kier alpha value is -2.55. The fraction of sp³-hybridized carbons (Fsp3) is 0.235. The summed E-state index contributed by atoms with van der Waals surface area (Å²) in [6.07, 6.45) is 0. The zero-order valence-corrected chi connectivity index (χ0v) is 14.7. The van der Waals surface area contributed by atoms with Crippen LogP contribution in [0.15, 0.2) is 36.4 Å². The first-order valence-corrected chi connectivity index (χ1v) is 9.12. The summed E-state index contributed by atoms with van der Waals surface area (Å²) in [5.41, 5.74) is 0.148. The number of halogens is 3. The Kier molecular flexibility index (Phi) is 5.91. The quantitative estimate of drug-likeness (QED) is 0.610. The lowest BCUT2D eigenvalue weighted by Gasteiger charge is -2.15. The van der Waals surface area contributed by atoms with Gasteiger partial charge in [-0.2, -0.15) is 0 Å². The van der Waals surface area contributed by atoms with E-state index in [0.717, 1.165) is 19.2 Å². The molecule has 2 aromatic carbocycles. The summed E-state index contributed by atoms with van der Waals surface area (Å²) in [5.74, 6) is -6.54. The van der Waals surface area contributed by atoms with E-state index in [1.165, 1.54) is 31.2 Å². The topological polar surface area (TPSA) is 72.5 Å². The fourth-order valence-corrected chi connectivity index (χ4v) is 3.73. The number of sulfonamides is 1. The molecule has 0 fully saturated rings. The van der Waals surface area contributed by atoms with Crippen LogP contribution < -0.4 is 4.72 Å². The molecular weight excluding hydrogens is 371 g/mol. The van der Waals surface area contributed by atoms with Gasteiger partial charge in [-0.05, 0) is 23.8 Å². The van der Waals surface area contributed by atoms with Crippen molar-refractivity contribution in [2.24, 2.45) is 5.92 Å². The summed E-state index contributed by atoms with van der Waals surface area (Å²) in [5, 5.41) is 0. The highest BCUT2D eigenvalue weighted by Gasteiger charge is 2.23.